The maximum absolute atomic E-state index is 13.0. The molecule has 34 heavy (non-hydrogen) atoms. The van der Waals surface area contributed by atoms with Gasteiger partial charge in [-0.05, 0) is 50.1 Å². The van der Waals surface area contributed by atoms with E-state index in [9.17, 15) is 23.3 Å². The number of rotatable bonds is 5. The third-order valence-corrected chi connectivity index (χ3v) is 8.86. The van der Waals surface area contributed by atoms with Crippen molar-refractivity contribution < 1.29 is 18.1 Å². The zero-order chi connectivity index (χ0) is 24.5. The highest BCUT2D eigenvalue weighted by Crippen LogP contribution is 2.26. The summed E-state index contributed by atoms with van der Waals surface area (Å²) in [7, 11) is -3.64. The summed E-state index contributed by atoms with van der Waals surface area (Å²) in [6.45, 7) is 2.47. The zero-order valence-electron chi connectivity index (χ0n) is 18.4. The fraction of sp³-hybridized carbons (Fsp3) is 0.304. The Balaban J connectivity index is 1.67. The number of carbonyl (C=O) groups excluding carboxylic acids is 1. The molecule has 3 aromatic rings. The van der Waals surface area contributed by atoms with Crippen LogP contribution in [0.4, 0.5) is 5.69 Å². The summed E-state index contributed by atoms with van der Waals surface area (Å²) in [5, 5.41) is 11.1. The summed E-state index contributed by atoms with van der Waals surface area (Å²) < 4.78 is 29.8. The Labute approximate surface area is 200 Å². The van der Waals surface area contributed by atoms with Crippen LogP contribution in [0.2, 0.25) is 0 Å². The van der Waals surface area contributed by atoms with Crippen molar-refractivity contribution >= 4 is 43.2 Å². The predicted molar refractivity (Wildman–Crippen MR) is 129 cm³/mol. The molecule has 176 valence electrons. The lowest BCUT2D eigenvalue weighted by molar-refractivity contribution is -0.384. The molecule has 1 amide bonds. The predicted octanol–water partition coefficient (Wildman–Crippen LogP) is 3.55. The maximum Gasteiger partial charge on any atom is 0.279 e. The molecule has 1 saturated heterocycles. The van der Waals surface area contributed by atoms with E-state index in [0.717, 1.165) is 19.3 Å². The Morgan fingerprint density at radius 2 is 2.00 bits per heavy atom. The topological polar surface area (TPSA) is 115 Å². The minimum Gasteiger partial charge on any atom is -0.304 e. The average molecular weight is 499 g/mol. The normalized spacial score (nSPS) is 17.5. The van der Waals surface area contributed by atoms with Gasteiger partial charge in [0.25, 0.3) is 11.6 Å². The lowest BCUT2D eigenvalue weighted by atomic mass is 10.1. The molecule has 0 N–H and O–H groups in total. The number of nitro benzene ring substituents is 1. The van der Waals surface area contributed by atoms with Gasteiger partial charge in [0.2, 0.25) is 10.0 Å². The standard InChI is InChI=1S/C23H22N4O5S2/c1-3-13-25-20-15-18(27(29)30)9-12-21(20)33-23(25)24-22(28)17-7-10-19(11-8-17)34(31,32)26-14-5-4-6-16(26)2/h1,7-12,15-16H,4-6,13-14H2,2H3. The van der Waals surface area contributed by atoms with E-state index < -0.39 is 20.9 Å². The van der Waals surface area contributed by atoms with Crippen molar-refractivity contribution in [3.8, 4) is 12.3 Å². The van der Waals surface area contributed by atoms with Crippen LogP contribution in [0.25, 0.3) is 10.2 Å². The van der Waals surface area contributed by atoms with Crippen molar-refractivity contribution in [3.63, 3.8) is 0 Å². The number of hydrogen-bond acceptors (Lipinski definition) is 6. The molecule has 1 unspecified atom stereocenters. The number of carbonyl (C=O) groups is 1. The smallest absolute Gasteiger partial charge is 0.279 e. The molecule has 1 aromatic heterocycles. The van der Waals surface area contributed by atoms with Crippen LogP contribution in [0.5, 0.6) is 0 Å². The zero-order valence-corrected chi connectivity index (χ0v) is 20.0. The minimum atomic E-state index is -3.64. The van der Waals surface area contributed by atoms with E-state index in [1.807, 2.05) is 6.92 Å². The first-order valence-corrected chi connectivity index (χ1v) is 12.9. The van der Waals surface area contributed by atoms with Crippen LogP contribution in [0.1, 0.15) is 36.5 Å². The number of piperidine rings is 1. The first-order chi connectivity index (χ1) is 16.2. The molecule has 0 spiro atoms. The molecule has 4 rings (SSSR count). The van der Waals surface area contributed by atoms with Crippen molar-refractivity contribution in [1.82, 2.24) is 8.87 Å². The third kappa shape index (κ3) is 4.52. The number of amides is 1. The second-order valence-electron chi connectivity index (χ2n) is 7.99. The van der Waals surface area contributed by atoms with Crippen LogP contribution < -0.4 is 4.80 Å². The molecule has 1 aliphatic heterocycles. The van der Waals surface area contributed by atoms with E-state index in [1.165, 1.54) is 52.0 Å². The van der Waals surface area contributed by atoms with Gasteiger partial charge in [-0.1, -0.05) is 23.7 Å². The molecule has 1 atom stereocenters. The summed E-state index contributed by atoms with van der Waals surface area (Å²) in [6.07, 6.45) is 8.12. The molecule has 0 bridgehead atoms. The number of aromatic nitrogens is 1. The van der Waals surface area contributed by atoms with E-state index in [0.29, 0.717) is 21.6 Å². The van der Waals surface area contributed by atoms with Crippen LogP contribution in [0.3, 0.4) is 0 Å². The molecular weight excluding hydrogens is 476 g/mol. The number of thiazole rings is 1. The first kappa shape index (κ1) is 23.8. The second-order valence-corrected chi connectivity index (χ2v) is 10.9. The highest BCUT2D eigenvalue weighted by molar-refractivity contribution is 7.89. The number of fused-ring (bicyclic) bond motifs is 1. The van der Waals surface area contributed by atoms with Crippen LogP contribution in [0, 0.1) is 22.5 Å². The van der Waals surface area contributed by atoms with Gasteiger partial charge in [-0.2, -0.15) is 9.30 Å². The summed E-state index contributed by atoms with van der Waals surface area (Å²) in [5.74, 6) is 1.91. The third-order valence-electron chi connectivity index (χ3n) is 5.77. The number of terminal acetylenes is 1. The highest BCUT2D eigenvalue weighted by Gasteiger charge is 2.30. The quantitative estimate of drug-likeness (QED) is 0.303. The van der Waals surface area contributed by atoms with Crippen molar-refractivity contribution in [1.29, 1.82) is 0 Å². The van der Waals surface area contributed by atoms with Crippen LogP contribution >= 0.6 is 11.3 Å². The van der Waals surface area contributed by atoms with Crippen LogP contribution in [-0.4, -0.2) is 40.7 Å². The van der Waals surface area contributed by atoms with E-state index in [-0.39, 0.29) is 28.7 Å². The molecular formula is C23H22N4O5S2. The van der Waals surface area contributed by atoms with Crippen molar-refractivity contribution in [2.45, 2.75) is 43.7 Å². The van der Waals surface area contributed by atoms with E-state index in [2.05, 4.69) is 10.9 Å². The largest absolute Gasteiger partial charge is 0.304 e. The average Bonchev–Trinajstić information content (AvgIpc) is 3.15. The van der Waals surface area contributed by atoms with E-state index >= 15 is 0 Å². The van der Waals surface area contributed by atoms with E-state index in [4.69, 9.17) is 6.42 Å². The van der Waals surface area contributed by atoms with Gasteiger partial charge in [0.05, 0.1) is 26.6 Å². The van der Waals surface area contributed by atoms with Gasteiger partial charge < -0.3 is 4.57 Å². The van der Waals surface area contributed by atoms with Crippen molar-refractivity contribution in [3.05, 3.63) is 62.9 Å². The number of benzene rings is 2. The number of non-ortho nitro benzene ring substituents is 1. The SMILES string of the molecule is C#CCn1c(=NC(=O)c2ccc(S(=O)(=O)N3CCCCC3C)cc2)sc2ccc([N+](=O)[O-])cc21. The van der Waals surface area contributed by atoms with Gasteiger partial charge >= 0.3 is 0 Å². The van der Waals surface area contributed by atoms with Crippen LogP contribution in [0.15, 0.2) is 52.4 Å². The molecule has 2 heterocycles. The lowest BCUT2D eigenvalue weighted by Crippen LogP contribution is -2.41. The number of sulfonamides is 1. The molecule has 11 heteroatoms. The van der Waals surface area contributed by atoms with E-state index in [1.54, 1.807) is 10.6 Å². The van der Waals surface area contributed by atoms with Crippen molar-refractivity contribution in [2.75, 3.05) is 6.54 Å². The van der Waals surface area contributed by atoms with Crippen molar-refractivity contribution in [2.24, 2.45) is 4.99 Å². The maximum atomic E-state index is 13.0. The summed E-state index contributed by atoms with van der Waals surface area (Å²) in [4.78, 5) is 28.1. The lowest BCUT2D eigenvalue weighted by Gasteiger charge is -2.32. The van der Waals surface area contributed by atoms with Gasteiger partial charge in [0.15, 0.2) is 4.80 Å². The highest BCUT2D eigenvalue weighted by atomic mass is 32.2. The van der Waals surface area contributed by atoms with Gasteiger partial charge in [0, 0.05) is 30.3 Å². The Bertz CT molecular complexity index is 1480. The molecule has 0 saturated carbocycles. The van der Waals surface area contributed by atoms with Gasteiger partial charge in [-0.25, -0.2) is 8.42 Å². The fourth-order valence-electron chi connectivity index (χ4n) is 3.99. The molecule has 2 aromatic carbocycles. The monoisotopic (exact) mass is 498 g/mol. The van der Waals surface area contributed by atoms with Gasteiger partial charge in [-0.15, -0.1) is 6.42 Å². The summed E-state index contributed by atoms with van der Waals surface area (Å²) in [5.41, 5.74) is 0.649. The fourth-order valence-corrected chi connectivity index (χ4v) is 6.69. The van der Waals surface area contributed by atoms with Crippen LogP contribution in [-0.2, 0) is 16.6 Å². The molecule has 1 aliphatic rings. The number of hydrogen-bond donors (Lipinski definition) is 0. The Kier molecular flexibility index (Phi) is 6.65. The molecule has 9 nitrogen and oxygen atoms in total. The van der Waals surface area contributed by atoms with Gasteiger partial charge in [-0.3, -0.25) is 14.9 Å². The number of nitrogens with zero attached hydrogens (tertiary/aromatic N) is 4. The molecule has 0 radical (unpaired) electrons. The minimum absolute atomic E-state index is 0.0644. The first-order valence-electron chi connectivity index (χ1n) is 10.6. The van der Waals surface area contributed by atoms with Gasteiger partial charge in [0.1, 0.15) is 0 Å². The number of nitro groups is 1. The summed E-state index contributed by atoms with van der Waals surface area (Å²) in [6, 6.07) is 10.0. The molecule has 1 fully saturated rings. The Hall–Kier alpha value is -3.33. The summed E-state index contributed by atoms with van der Waals surface area (Å²) >= 11 is 1.19. The Morgan fingerprint density at radius 3 is 2.65 bits per heavy atom. The Morgan fingerprint density at radius 1 is 1.26 bits per heavy atom. The second kappa shape index (κ2) is 9.50. The molecule has 0 aliphatic carbocycles.